The molecule has 0 bridgehead atoms. The quantitative estimate of drug-likeness (QED) is 0.167. The smallest absolute Gasteiger partial charge is 0.136 e. The summed E-state index contributed by atoms with van der Waals surface area (Å²) >= 11 is 1.88. The minimum atomic E-state index is 0.940. The highest BCUT2D eigenvalue weighted by atomic mass is 32.1. The fraction of sp³-hybridized carbons (Fsp3) is 0. The van der Waals surface area contributed by atoms with Gasteiger partial charge in [-0.1, -0.05) is 158 Å². The summed E-state index contributed by atoms with van der Waals surface area (Å²) in [5, 5.41) is 15.0. The van der Waals surface area contributed by atoms with E-state index in [2.05, 4.69) is 182 Å². The average molecular weight is 703 g/mol. The Hall–Kier alpha value is -6.74. The standard InChI is InChI=1S/C52H30OS/c1-2-12-31(13-3-1)34-25-26-43(37-17-7-6-16-36(34)37)49-41-20-10-8-18-39(41)48(40-19-9-11-21-42(40)49)33-22-24-38-44-27-29-46-51(52(44)54-47(38)30-33)50-35-15-5-4-14-32(35)23-28-45(50)53-46/h1-30H. The molecule has 0 N–H and O–H groups in total. The summed E-state index contributed by atoms with van der Waals surface area (Å²) < 4.78 is 9.03. The Morgan fingerprint density at radius 1 is 0.333 bits per heavy atom. The Morgan fingerprint density at radius 3 is 1.63 bits per heavy atom. The van der Waals surface area contributed by atoms with Gasteiger partial charge in [0.05, 0.1) is 0 Å². The van der Waals surface area contributed by atoms with Gasteiger partial charge in [0.15, 0.2) is 0 Å². The molecule has 0 unspecified atom stereocenters. The molecule has 2 heteroatoms. The van der Waals surface area contributed by atoms with Gasteiger partial charge in [-0.15, -0.1) is 11.3 Å². The van der Waals surface area contributed by atoms with Crippen molar-refractivity contribution in [1.82, 2.24) is 0 Å². The Labute approximate surface area is 314 Å². The van der Waals surface area contributed by atoms with Gasteiger partial charge in [-0.2, -0.15) is 0 Å². The molecule has 12 rings (SSSR count). The zero-order valence-electron chi connectivity index (χ0n) is 29.1. The van der Waals surface area contributed by atoms with Crippen LogP contribution in [0.25, 0.3) is 119 Å². The molecule has 0 spiro atoms. The van der Waals surface area contributed by atoms with Crippen LogP contribution in [-0.2, 0) is 0 Å². The molecule has 0 aliphatic heterocycles. The predicted molar refractivity (Wildman–Crippen MR) is 233 cm³/mol. The van der Waals surface area contributed by atoms with Crippen LogP contribution >= 0.6 is 11.3 Å². The van der Waals surface area contributed by atoms with Gasteiger partial charge in [0, 0.05) is 30.9 Å². The van der Waals surface area contributed by atoms with Crippen molar-refractivity contribution < 1.29 is 4.42 Å². The van der Waals surface area contributed by atoms with Crippen molar-refractivity contribution in [2.45, 2.75) is 0 Å². The summed E-state index contributed by atoms with van der Waals surface area (Å²) in [4.78, 5) is 0. The van der Waals surface area contributed by atoms with Crippen LogP contribution in [0.4, 0.5) is 0 Å². The third kappa shape index (κ3) is 4.20. The lowest BCUT2D eigenvalue weighted by molar-refractivity contribution is 0.669. The fourth-order valence-corrected chi connectivity index (χ4v) is 10.4. The maximum Gasteiger partial charge on any atom is 0.136 e. The van der Waals surface area contributed by atoms with Gasteiger partial charge < -0.3 is 4.42 Å². The van der Waals surface area contributed by atoms with Crippen LogP contribution in [0.15, 0.2) is 186 Å². The van der Waals surface area contributed by atoms with Gasteiger partial charge in [-0.25, -0.2) is 0 Å². The van der Waals surface area contributed by atoms with Crippen LogP contribution in [0.1, 0.15) is 0 Å². The Morgan fingerprint density at radius 2 is 0.889 bits per heavy atom. The molecule has 0 saturated carbocycles. The number of thiophene rings is 1. The van der Waals surface area contributed by atoms with Crippen LogP contribution < -0.4 is 0 Å². The Kier molecular flexibility index (Phi) is 6.28. The van der Waals surface area contributed by atoms with E-state index in [-0.39, 0.29) is 0 Å². The Bertz CT molecular complexity index is 3440. The van der Waals surface area contributed by atoms with Gasteiger partial charge in [-0.3, -0.25) is 0 Å². The van der Waals surface area contributed by atoms with Crippen molar-refractivity contribution in [1.29, 1.82) is 0 Å². The van der Waals surface area contributed by atoms with Gasteiger partial charge >= 0.3 is 0 Å². The minimum absolute atomic E-state index is 0.940. The van der Waals surface area contributed by atoms with E-state index in [0.717, 1.165) is 11.2 Å². The van der Waals surface area contributed by atoms with Gasteiger partial charge in [0.2, 0.25) is 0 Å². The van der Waals surface area contributed by atoms with Crippen molar-refractivity contribution in [2.75, 3.05) is 0 Å². The average Bonchev–Trinajstić information content (AvgIpc) is 3.81. The van der Waals surface area contributed by atoms with E-state index in [1.54, 1.807) is 0 Å². The summed E-state index contributed by atoms with van der Waals surface area (Å²) in [5.41, 5.74) is 9.42. The molecule has 1 nitrogen and oxygen atoms in total. The summed E-state index contributed by atoms with van der Waals surface area (Å²) in [6.45, 7) is 0. The van der Waals surface area contributed by atoms with Crippen molar-refractivity contribution in [3.05, 3.63) is 182 Å². The number of hydrogen-bond acceptors (Lipinski definition) is 2. The molecule has 10 aromatic carbocycles. The van der Waals surface area contributed by atoms with E-state index in [9.17, 15) is 0 Å². The zero-order chi connectivity index (χ0) is 35.3. The number of hydrogen-bond donors (Lipinski definition) is 0. The maximum atomic E-state index is 6.46. The second-order valence-corrected chi connectivity index (χ2v) is 15.4. The SMILES string of the molecule is c1ccc(-c2ccc(-c3c4ccccc4c(-c4ccc5c(c4)sc4c5ccc5oc6ccc7ccccc7c6c54)c4ccccc34)c3ccccc23)cc1. The lowest BCUT2D eigenvalue weighted by Gasteiger charge is -2.19. The normalized spacial score (nSPS) is 12.1. The molecular weight excluding hydrogens is 673 g/mol. The first-order valence-electron chi connectivity index (χ1n) is 18.5. The second kappa shape index (κ2) is 11.4. The van der Waals surface area contributed by atoms with Crippen molar-refractivity contribution >= 4 is 96.5 Å². The summed E-state index contributed by atoms with van der Waals surface area (Å²) in [7, 11) is 0. The van der Waals surface area contributed by atoms with E-state index >= 15 is 0 Å². The monoisotopic (exact) mass is 702 g/mol. The third-order valence-electron chi connectivity index (χ3n) is 11.5. The molecule has 0 aliphatic carbocycles. The van der Waals surface area contributed by atoms with Gasteiger partial charge in [-0.05, 0) is 101 Å². The number of benzene rings is 10. The van der Waals surface area contributed by atoms with E-state index in [1.165, 1.54) is 107 Å². The molecule has 250 valence electrons. The van der Waals surface area contributed by atoms with Crippen molar-refractivity contribution in [3.8, 4) is 33.4 Å². The van der Waals surface area contributed by atoms with Crippen molar-refractivity contribution in [2.24, 2.45) is 0 Å². The Balaban J connectivity index is 1.12. The summed E-state index contributed by atoms with van der Waals surface area (Å²) in [6.07, 6.45) is 0. The van der Waals surface area contributed by atoms with E-state index in [0.29, 0.717) is 0 Å². The molecular formula is C52H30OS. The lowest BCUT2D eigenvalue weighted by Crippen LogP contribution is -1.92. The first-order chi connectivity index (χ1) is 26.8. The molecule has 0 saturated heterocycles. The summed E-state index contributed by atoms with van der Waals surface area (Å²) in [5.74, 6) is 0. The number of rotatable bonds is 3. The first-order valence-corrected chi connectivity index (χ1v) is 19.3. The van der Waals surface area contributed by atoms with Crippen LogP contribution in [0.3, 0.4) is 0 Å². The van der Waals surface area contributed by atoms with Crippen molar-refractivity contribution in [3.63, 3.8) is 0 Å². The molecule has 2 aromatic heterocycles. The predicted octanol–water partition coefficient (Wildman–Crippen LogP) is 15.6. The highest BCUT2D eigenvalue weighted by molar-refractivity contribution is 7.26. The largest absolute Gasteiger partial charge is 0.456 e. The van der Waals surface area contributed by atoms with Crippen LogP contribution in [0.2, 0.25) is 0 Å². The van der Waals surface area contributed by atoms with E-state index in [1.807, 2.05) is 11.3 Å². The first kappa shape index (κ1) is 29.8. The van der Waals surface area contributed by atoms with Gasteiger partial charge in [0.25, 0.3) is 0 Å². The lowest BCUT2D eigenvalue weighted by atomic mass is 9.83. The van der Waals surface area contributed by atoms with Crippen LogP contribution in [-0.4, -0.2) is 0 Å². The van der Waals surface area contributed by atoms with Crippen LogP contribution in [0, 0.1) is 0 Å². The third-order valence-corrected chi connectivity index (χ3v) is 12.6. The van der Waals surface area contributed by atoms with E-state index < -0.39 is 0 Å². The number of furan rings is 1. The second-order valence-electron chi connectivity index (χ2n) is 14.3. The maximum absolute atomic E-state index is 6.46. The van der Waals surface area contributed by atoms with Gasteiger partial charge in [0.1, 0.15) is 11.2 Å². The molecule has 0 fully saturated rings. The van der Waals surface area contributed by atoms with Crippen LogP contribution in [0.5, 0.6) is 0 Å². The minimum Gasteiger partial charge on any atom is -0.456 e. The molecule has 0 atom stereocenters. The molecule has 54 heavy (non-hydrogen) atoms. The molecule has 0 aliphatic rings. The zero-order valence-corrected chi connectivity index (χ0v) is 30.0. The highest BCUT2D eigenvalue weighted by Crippen LogP contribution is 2.49. The highest BCUT2D eigenvalue weighted by Gasteiger charge is 2.21. The molecule has 0 amide bonds. The fourth-order valence-electron chi connectivity index (χ4n) is 9.13. The topological polar surface area (TPSA) is 13.1 Å². The van der Waals surface area contributed by atoms with E-state index in [4.69, 9.17) is 4.42 Å². The molecule has 12 aromatic rings. The number of fused-ring (bicyclic) bond motifs is 12. The molecule has 2 heterocycles. The summed E-state index contributed by atoms with van der Waals surface area (Å²) in [6, 6.07) is 66.6. The molecule has 0 radical (unpaired) electrons.